The summed E-state index contributed by atoms with van der Waals surface area (Å²) in [7, 11) is 0. The van der Waals surface area contributed by atoms with Crippen molar-refractivity contribution < 1.29 is 9.90 Å². The SMILES string of the molecule is O=C(C1CCC1)N1CCC([C@H](O)c2ccccc2)CC1. The molecule has 1 heterocycles. The number of hydrogen-bond donors (Lipinski definition) is 1. The molecule has 0 aromatic heterocycles. The van der Waals surface area contributed by atoms with E-state index in [2.05, 4.69) is 0 Å². The van der Waals surface area contributed by atoms with Gasteiger partial charge in [-0.15, -0.1) is 0 Å². The molecule has 1 aliphatic carbocycles. The average Bonchev–Trinajstić information content (AvgIpc) is 2.46. The van der Waals surface area contributed by atoms with Gasteiger partial charge in [0.1, 0.15) is 0 Å². The maximum absolute atomic E-state index is 12.2. The zero-order chi connectivity index (χ0) is 13.9. The molecule has 2 fully saturated rings. The molecule has 1 saturated heterocycles. The molecule has 1 aromatic carbocycles. The van der Waals surface area contributed by atoms with Crippen molar-refractivity contribution in [1.29, 1.82) is 0 Å². The zero-order valence-corrected chi connectivity index (χ0v) is 11.9. The highest BCUT2D eigenvalue weighted by molar-refractivity contribution is 5.79. The first-order chi connectivity index (χ1) is 9.75. The Morgan fingerprint density at radius 2 is 1.75 bits per heavy atom. The van der Waals surface area contributed by atoms with Crippen molar-refractivity contribution in [2.45, 2.75) is 38.2 Å². The summed E-state index contributed by atoms with van der Waals surface area (Å²) in [5.41, 5.74) is 0.997. The Bertz CT molecular complexity index is 447. The van der Waals surface area contributed by atoms with Gasteiger partial charge in [-0.3, -0.25) is 4.79 Å². The van der Waals surface area contributed by atoms with E-state index >= 15 is 0 Å². The number of benzene rings is 1. The lowest BCUT2D eigenvalue weighted by Crippen LogP contribution is -2.44. The van der Waals surface area contributed by atoms with E-state index in [0.29, 0.717) is 11.8 Å². The number of rotatable bonds is 3. The summed E-state index contributed by atoms with van der Waals surface area (Å²) in [6, 6.07) is 9.87. The molecule has 2 aliphatic rings. The van der Waals surface area contributed by atoms with Crippen molar-refractivity contribution in [1.82, 2.24) is 4.90 Å². The Hall–Kier alpha value is -1.35. The van der Waals surface area contributed by atoms with Gasteiger partial charge >= 0.3 is 0 Å². The van der Waals surface area contributed by atoms with Crippen molar-refractivity contribution >= 4 is 5.91 Å². The number of piperidine rings is 1. The minimum atomic E-state index is -0.392. The number of carbonyl (C=O) groups excluding carboxylic acids is 1. The zero-order valence-electron chi connectivity index (χ0n) is 11.9. The van der Waals surface area contributed by atoms with Crippen LogP contribution < -0.4 is 0 Å². The highest BCUT2D eigenvalue weighted by Crippen LogP contribution is 2.33. The highest BCUT2D eigenvalue weighted by atomic mass is 16.3. The number of likely N-dealkylation sites (tertiary alicyclic amines) is 1. The quantitative estimate of drug-likeness (QED) is 0.920. The van der Waals surface area contributed by atoms with Gasteiger partial charge in [-0.05, 0) is 37.2 Å². The average molecular weight is 273 g/mol. The highest BCUT2D eigenvalue weighted by Gasteiger charge is 2.33. The summed E-state index contributed by atoms with van der Waals surface area (Å²) in [5, 5.41) is 10.4. The molecule has 1 N–H and O–H groups in total. The molecular weight excluding hydrogens is 250 g/mol. The van der Waals surface area contributed by atoms with E-state index in [1.54, 1.807) is 0 Å². The second-order valence-corrected chi connectivity index (χ2v) is 6.15. The smallest absolute Gasteiger partial charge is 0.225 e. The first-order valence-corrected chi connectivity index (χ1v) is 7.77. The van der Waals surface area contributed by atoms with Crippen molar-refractivity contribution in [3.05, 3.63) is 35.9 Å². The van der Waals surface area contributed by atoms with E-state index in [4.69, 9.17) is 0 Å². The fraction of sp³-hybridized carbons (Fsp3) is 0.588. The van der Waals surface area contributed by atoms with Gasteiger partial charge in [-0.25, -0.2) is 0 Å². The third kappa shape index (κ3) is 2.73. The van der Waals surface area contributed by atoms with E-state index < -0.39 is 6.10 Å². The lowest BCUT2D eigenvalue weighted by Gasteiger charge is -2.38. The van der Waals surface area contributed by atoms with Gasteiger partial charge in [-0.2, -0.15) is 0 Å². The lowest BCUT2D eigenvalue weighted by atomic mass is 9.82. The number of amides is 1. The van der Waals surface area contributed by atoms with E-state index in [1.165, 1.54) is 6.42 Å². The van der Waals surface area contributed by atoms with Gasteiger partial charge in [0, 0.05) is 19.0 Å². The lowest BCUT2D eigenvalue weighted by molar-refractivity contribution is -0.140. The maximum atomic E-state index is 12.2. The first-order valence-electron chi connectivity index (χ1n) is 7.77. The number of hydrogen-bond acceptors (Lipinski definition) is 2. The Morgan fingerprint density at radius 1 is 1.10 bits per heavy atom. The molecule has 3 heteroatoms. The molecule has 108 valence electrons. The third-order valence-corrected chi connectivity index (χ3v) is 4.89. The Morgan fingerprint density at radius 3 is 2.30 bits per heavy atom. The van der Waals surface area contributed by atoms with Crippen molar-refractivity contribution in [2.75, 3.05) is 13.1 Å². The van der Waals surface area contributed by atoms with Crippen LogP contribution in [-0.2, 0) is 4.79 Å². The topological polar surface area (TPSA) is 40.5 Å². The van der Waals surface area contributed by atoms with Crippen LogP contribution in [0.4, 0.5) is 0 Å². The Kier molecular flexibility index (Phi) is 4.06. The Balaban J connectivity index is 1.54. The van der Waals surface area contributed by atoms with Crippen LogP contribution in [-0.4, -0.2) is 29.0 Å². The molecule has 1 amide bonds. The molecule has 1 aromatic rings. The Labute approximate surface area is 120 Å². The molecule has 1 saturated carbocycles. The molecule has 0 bridgehead atoms. The predicted octanol–water partition coefficient (Wildman–Crippen LogP) is 2.76. The van der Waals surface area contributed by atoms with Gasteiger partial charge < -0.3 is 10.0 Å². The van der Waals surface area contributed by atoms with Gasteiger partial charge in [0.15, 0.2) is 0 Å². The minimum absolute atomic E-state index is 0.280. The van der Waals surface area contributed by atoms with Crippen LogP contribution in [0, 0.1) is 11.8 Å². The molecular formula is C17H23NO2. The minimum Gasteiger partial charge on any atom is -0.388 e. The molecule has 0 spiro atoms. The molecule has 0 unspecified atom stereocenters. The van der Waals surface area contributed by atoms with Crippen LogP contribution in [0.5, 0.6) is 0 Å². The van der Waals surface area contributed by atoms with Crippen molar-refractivity contribution in [3.63, 3.8) is 0 Å². The predicted molar refractivity (Wildman–Crippen MR) is 78.0 cm³/mol. The number of aliphatic hydroxyl groups excluding tert-OH is 1. The fourth-order valence-electron chi connectivity index (χ4n) is 3.27. The summed E-state index contributed by atoms with van der Waals surface area (Å²) in [5.74, 6) is 0.928. The second-order valence-electron chi connectivity index (χ2n) is 6.15. The largest absolute Gasteiger partial charge is 0.388 e. The van der Waals surface area contributed by atoms with Crippen LogP contribution in [0.2, 0.25) is 0 Å². The summed E-state index contributed by atoms with van der Waals surface area (Å²) < 4.78 is 0. The van der Waals surface area contributed by atoms with Gasteiger partial charge in [0.2, 0.25) is 5.91 Å². The molecule has 3 rings (SSSR count). The summed E-state index contributed by atoms with van der Waals surface area (Å²) in [6.45, 7) is 1.62. The third-order valence-electron chi connectivity index (χ3n) is 4.89. The van der Waals surface area contributed by atoms with Crippen LogP contribution in [0.3, 0.4) is 0 Å². The molecule has 3 nitrogen and oxygen atoms in total. The monoisotopic (exact) mass is 273 g/mol. The fourth-order valence-corrected chi connectivity index (χ4v) is 3.27. The standard InChI is InChI=1S/C17H23NO2/c19-16(13-5-2-1-3-6-13)14-9-11-18(12-10-14)17(20)15-7-4-8-15/h1-3,5-6,14-16,19H,4,7-12H2/t16-/m1/s1. The molecule has 0 radical (unpaired) electrons. The van der Waals surface area contributed by atoms with Gasteiger partial charge in [0.05, 0.1) is 6.10 Å². The number of aliphatic hydroxyl groups is 1. The van der Waals surface area contributed by atoms with Crippen LogP contribution in [0.1, 0.15) is 43.8 Å². The van der Waals surface area contributed by atoms with Crippen molar-refractivity contribution in [3.8, 4) is 0 Å². The summed E-state index contributed by atoms with van der Waals surface area (Å²) in [6.07, 6.45) is 4.79. The van der Waals surface area contributed by atoms with Crippen molar-refractivity contribution in [2.24, 2.45) is 11.8 Å². The van der Waals surface area contributed by atoms with E-state index in [-0.39, 0.29) is 5.92 Å². The normalized spacial score (nSPS) is 22.4. The van der Waals surface area contributed by atoms with Crippen LogP contribution >= 0.6 is 0 Å². The maximum Gasteiger partial charge on any atom is 0.225 e. The van der Waals surface area contributed by atoms with E-state index in [1.807, 2.05) is 35.2 Å². The number of carbonyl (C=O) groups is 1. The van der Waals surface area contributed by atoms with Crippen LogP contribution in [0.25, 0.3) is 0 Å². The summed E-state index contributed by atoms with van der Waals surface area (Å²) >= 11 is 0. The van der Waals surface area contributed by atoms with E-state index in [0.717, 1.165) is 44.3 Å². The van der Waals surface area contributed by atoms with Gasteiger partial charge in [0.25, 0.3) is 0 Å². The van der Waals surface area contributed by atoms with Gasteiger partial charge in [-0.1, -0.05) is 36.8 Å². The van der Waals surface area contributed by atoms with Crippen LogP contribution in [0.15, 0.2) is 30.3 Å². The second kappa shape index (κ2) is 5.96. The molecule has 1 aliphatic heterocycles. The molecule has 20 heavy (non-hydrogen) atoms. The van der Waals surface area contributed by atoms with E-state index in [9.17, 15) is 9.90 Å². The first kappa shape index (κ1) is 13.6. The molecule has 1 atom stereocenters. The number of nitrogens with zero attached hydrogens (tertiary/aromatic N) is 1. The summed E-state index contributed by atoms with van der Waals surface area (Å²) in [4.78, 5) is 14.2.